The van der Waals surface area contributed by atoms with E-state index in [1.165, 1.54) is 23.8 Å². The van der Waals surface area contributed by atoms with Gasteiger partial charge in [0.25, 0.3) is 5.91 Å². The molecule has 0 bridgehead atoms. The molecule has 4 N–H and O–H groups in total. The van der Waals surface area contributed by atoms with Gasteiger partial charge in [-0.1, -0.05) is 0 Å². The van der Waals surface area contributed by atoms with Crippen molar-refractivity contribution in [2.75, 3.05) is 23.8 Å². The number of carbonyl (C=O) groups excluding carboxylic acids is 2. The first-order chi connectivity index (χ1) is 17.9. The van der Waals surface area contributed by atoms with Crippen LogP contribution in [0.4, 0.5) is 21.7 Å². The standard InChI is InChI=1S/C25H31FN8O3/c1-15(35)29-16-2-4-17(5-3-16)31-25(36)19-13-27-22(12-21(19)30-18-7-10-37-11-8-18)32-24-20(26)14-34-23(33-24)6-9-28-34/h6,9,12-14,16-18H,2-5,7-8,10-11H2,1H3,(H,29,35)(H,31,36)(H2,27,30,32,33). The molecule has 1 aliphatic heterocycles. The quantitative estimate of drug-likeness (QED) is 0.381. The number of hydrogen-bond acceptors (Lipinski definition) is 8. The lowest BCUT2D eigenvalue weighted by atomic mass is 9.91. The molecule has 0 spiro atoms. The summed E-state index contributed by atoms with van der Waals surface area (Å²) in [6.45, 7) is 2.81. The molecule has 12 heteroatoms. The van der Waals surface area contributed by atoms with Gasteiger partial charge in [0.05, 0.1) is 23.6 Å². The number of rotatable bonds is 7. The lowest BCUT2D eigenvalue weighted by Crippen LogP contribution is -2.43. The van der Waals surface area contributed by atoms with Crippen molar-refractivity contribution in [3.63, 3.8) is 0 Å². The minimum atomic E-state index is -0.575. The number of amides is 2. The Morgan fingerprint density at radius 2 is 1.78 bits per heavy atom. The number of pyridine rings is 1. The Labute approximate surface area is 213 Å². The molecule has 3 aromatic heterocycles. The largest absolute Gasteiger partial charge is 0.381 e. The predicted octanol–water partition coefficient (Wildman–Crippen LogP) is 2.78. The van der Waals surface area contributed by atoms with Crippen molar-refractivity contribution in [1.82, 2.24) is 30.2 Å². The van der Waals surface area contributed by atoms with E-state index in [9.17, 15) is 14.0 Å². The van der Waals surface area contributed by atoms with E-state index in [0.29, 0.717) is 35.9 Å². The summed E-state index contributed by atoms with van der Waals surface area (Å²) in [6, 6.07) is 3.69. The van der Waals surface area contributed by atoms with E-state index in [4.69, 9.17) is 4.74 Å². The zero-order chi connectivity index (χ0) is 25.8. The van der Waals surface area contributed by atoms with Crippen molar-refractivity contribution in [2.45, 2.75) is 63.6 Å². The minimum absolute atomic E-state index is 0.0191. The second-order valence-electron chi connectivity index (χ2n) is 9.57. The van der Waals surface area contributed by atoms with Gasteiger partial charge < -0.3 is 26.0 Å². The Bertz CT molecular complexity index is 1270. The van der Waals surface area contributed by atoms with Gasteiger partial charge in [-0.25, -0.2) is 18.9 Å². The first-order valence-electron chi connectivity index (χ1n) is 12.6. The maximum atomic E-state index is 14.6. The summed E-state index contributed by atoms with van der Waals surface area (Å²) < 4.78 is 21.4. The molecule has 0 aromatic carbocycles. The molecule has 1 saturated carbocycles. The highest BCUT2D eigenvalue weighted by molar-refractivity contribution is 6.00. The highest BCUT2D eigenvalue weighted by atomic mass is 19.1. The van der Waals surface area contributed by atoms with Gasteiger partial charge in [-0.2, -0.15) is 5.10 Å². The summed E-state index contributed by atoms with van der Waals surface area (Å²) in [6.07, 6.45) is 9.12. The number of halogens is 1. The van der Waals surface area contributed by atoms with Gasteiger partial charge in [-0.15, -0.1) is 0 Å². The van der Waals surface area contributed by atoms with Crippen LogP contribution in [0.5, 0.6) is 0 Å². The van der Waals surface area contributed by atoms with E-state index >= 15 is 0 Å². The second kappa shape index (κ2) is 11.1. The highest BCUT2D eigenvalue weighted by Gasteiger charge is 2.25. The van der Waals surface area contributed by atoms with Crippen molar-refractivity contribution in [1.29, 1.82) is 0 Å². The van der Waals surface area contributed by atoms with Gasteiger partial charge >= 0.3 is 0 Å². The van der Waals surface area contributed by atoms with Crippen LogP contribution in [0.25, 0.3) is 5.65 Å². The fraction of sp³-hybridized carbons (Fsp3) is 0.480. The molecule has 1 saturated heterocycles. The van der Waals surface area contributed by atoms with Crippen molar-refractivity contribution < 1.29 is 18.7 Å². The molecule has 11 nitrogen and oxygen atoms in total. The second-order valence-corrected chi connectivity index (χ2v) is 9.57. The Balaban J connectivity index is 1.33. The van der Waals surface area contributed by atoms with Crippen LogP contribution in [0.2, 0.25) is 0 Å². The topological polar surface area (TPSA) is 135 Å². The molecular formula is C25H31FN8O3. The number of nitrogens with zero attached hydrogens (tertiary/aromatic N) is 4. The van der Waals surface area contributed by atoms with Crippen LogP contribution in [0.15, 0.2) is 30.7 Å². The van der Waals surface area contributed by atoms with Crippen LogP contribution in [0.1, 0.15) is 55.8 Å². The van der Waals surface area contributed by atoms with Crippen molar-refractivity contribution in [3.8, 4) is 0 Å². The van der Waals surface area contributed by atoms with Crippen LogP contribution >= 0.6 is 0 Å². The number of nitrogens with one attached hydrogen (secondary N) is 4. The molecule has 196 valence electrons. The van der Waals surface area contributed by atoms with E-state index < -0.39 is 5.82 Å². The molecule has 0 unspecified atom stereocenters. The zero-order valence-electron chi connectivity index (χ0n) is 20.7. The van der Waals surface area contributed by atoms with Gasteiger partial charge in [0.2, 0.25) is 5.91 Å². The van der Waals surface area contributed by atoms with Crippen LogP contribution < -0.4 is 21.3 Å². The van der Waals surface area contributed by atoms with E-state index in [2.05, 4.69) is 36.3 Å². The molecular weight excluding hydrogens is 479 g/mol. The van der Waals surface area contributed by atoms with Gasteiger partial charge in [-0.05, 0) is 38.5 Å². The smallest absolute Gasteiger partial charge is 0.255 e. The summed E-state index contributed by atoms with van der Waals surface area (Å²) >= 11 is 0. The lowest BCUT2D eigenvalue weighted by molar-refractivity contribution is -0.119. The fourth-order valence-corrected chi connectivity index (χ4v) is 4.86. The number of carbonyl (C=O) groups is 2. The average Bonchev–Trinajstić information content (AvgIpc) is 3.33. The molecule has 1 aliphatic carbocycles. The number of ether oxygens (including phenoxy) is 1. The summed E-state index contributed by atoms with van der Waals surface area (Å²) in [4.78, 5) is 33.3. The number of anilines is 3. The van der Waals surface area contributed by atoms with Gasteiger partial charge in [0.15, 0.2) is 17.3 Å². The lowest BCUT2D eigenvalue weighted by Gasteiger charge is -2.30. The molecule has 3 aromatic rings. The maximum absolute atomic E-state index is 14.6. The van der Waals surface area contributed by atoms with Crippen molar-refractivity contribution in [2.24, 2.45) is 0 Å². The van der Waals surface area contributed by atoms with E-state index in [0.717, 1.165) is 38.5 Å². The van der Waals surface area contributed by atoms with Crippen molar-refractivity contribution >= 4 is 34.8 Å². The first-order valence-corrected chi connectivity index (χ1v) is 12.6. The number of fused-ring (bicyclic) bond motifs is 1. The molecule has 5 rings (SSSR count). The van der Waals surface area contributed by atoms with E-state index in [1.54, 1.807) is 18.3 Å². The van der Waals surface area contributed by atoms with Crippen LogP contribution in [-0.4, -0.2) is 62.7 Å². The Hall–Kier alpha value is -3.80. The predicted molar refractivity (Wildman–Crippen MR) is 135 cm³/mol. The first kappa shape index (κ1) is 24.9. The fourth-order valence-electron chi connectivity index (χ4n) is 4.86. The van der Waals surface area contributed by atoms with E-state index in [-0.39, 0.29) is 35.8 Å². The van der Waals surface area contributed by atoms with Crippen LogP contribution in [-0.2, 0) is 9.53 Å². The molecule has 0 radical (unpaired) electrons. The third-order valence-corrected chi connectivity index (χ3v) is 6.78. The van der Waals surface area contributed by atoms with Crippen LogP contribution in [0, 0.1) is 5.82 Å². The molecule has 2 fully saturated rings. The highest BCUT2D eigenvalue weighted by Crippen LogP contribution is 2.26. The molecule has 4 heterocycles. The Morgan fingerprint density at radius 3 is 2.51 bits per heavy atom. The van der Waals surface area contributed by atoms with Gasteiger partial charge in [0, 0.05) is 56.6 Å². The molecule has 37 heavy (non-hydrogen) atoms. The minimum Gasteiger partial charge on any atom is -0.381 e. The molecule has 2 aliphatic rings. The summed E-state index contributed by atoms with van der Waals surface area (Å²) in [5.74, 6) is -0.450. The third-order valence-electron chi connectivity index (χ3n) is 6.78. The molecule has 0 atom stereocenters. The van der Waals surface area contributed by atoms with Crippen molar-refractivity contribution in [3.05, 3.63) is 42.1 Å². The summed E-state index contributed by atoms with van der Waals surface area (Å²) in [5.41, 5.74) is 1.52. The Morgan fingerprint density at radius 1 is 1.05 bits per heavy atom. The average molecular weight is 511 g/mol. The number of aromatic nitrogens is 4. The SMILES string of the molecule is CC(=O)NC1CCC(NC(=O)c2cnc(Nc3nc4ccnn4cc3F)cc2NC2CCOCC2)CC1. The zero-order valence-corrected chi connectivity index (χ0v) is 20.7. The molecule has 2 amide bonds. The monoisotopic (exact) mass is 510 g/mol. The number of hydrogen-bond donors (Lipinski definition) is 4. The van der Waals surface area contributed by atoms with E-state index in [1.807, 2.05) is 0 Å². The summed E-state index contributed by atoms with van der Waals surface area (Å²) in [5, 5.41) is 16.5. The normalized spacial score (nSPS) is 20.4. The summed E-state index contributed by atoms with van der Waals surface area (Å²) in [7, 11) is 0. The van der Waals surface area contributed by atoms with Crippen LogP contribution in [0.3, 0.4) is 0 Å². The Kier molecular flexibility index (Phi) is 7.45. The third kappa shape index (κ3) is 6.13. The van der Waals surface area contributed by atoms with Gasteiger partial charge in [0.1, 0.15) is 5.82 Å². The van der Waals surface area contributed by atoms with Gasteiger partial charge in [-0.3, -0.25) is 9.59 Å². The maximum Gasteiger partial charge on any atom is 0.255 e.